The summed E-state index contributed by atoms with van der Waals surface area (Å²) in [7, 11) is -1.59. The van der Waals surface area contributed by atoms with Gasteiger partial charge in [-0.2, -0.15) is 0 Å². The van der Waals surface area contributed by atoms with Crippen LogP contribution in [0.5, 0.6) is 0 Å². The average molecular weight is 254 g/mol. The second kappa shape index (κ2) is 4.54. The molecule has 0 radical (unpaired) electrons. The summed E-state index contributed by atoms with van der Waals surface area (Å²) in [5, 5.41) is 0.311. The van der Waals surface area contributed by atoms with E-state index >= 15 is 0 Å². The van der Waals surface area contributed by atoms with Crippen molar-refractivity contribution in [2.75, 3.05) is 6.61 Å². The molecule has 0 aromatic rings. The Kier molecular flexibility index (Phi) is 4.00. The quantitative estimate of drug-likeness (QED) is 0.507. The van der Waals surface area contributed by atoms with Crippen LogP contribution in [0.1, 0.15) is 47.5 Å². The third kappa shape index (κ3) is 3.03. The van der Waals surface area contributed by atoms with Gasteiger partial charge in [0, 0.05) is 6.61 Å². The fourth-order valence-corrected chi connectivity index (χ4v) is 3.48. The summed E-state index contributed by atoms with van der Waals surface area (Å²) in [6.45, 7) is 21.2. The van der Waals surface area contributed by atoms with Crippen molar-refractivity contribution >= 4 is 8.32 Å². The van der Waals surface area contributed by atoms with Crippen LogP contribution in [-0.4, -0.2) is 14.9 Å². The van der Waals surface area contributed by atoms with Crippen LogP contribution in [0.15, 0.2) is 12.2 Å². The van der Waals surface area contributed by atoms with Crippen LogP contribution in [-0.2, 0) is 4.43 Å². The number of hydrogen-bond acceptors (Lipinski definition) is 1. The van der Waals surface area contributed by atoms with E-state index in [-0.39, 0.29) is 0 Å². The predicted molar refractivity (Wildman–Crippen MR) is 78.8 cm³/mol. The summed E-state index contributed by atoms with van der Waals surface area (Å²) in [4.78, 5) is 0. The Labute approximate surface area is 109 Å². The summed E-state index contributed by atoms with van der Waals surface area (Å²) in [5.41, 5.74) is 1.68. The van der Waals surface area contributed by atoms with Crippen molar-refractivity contribution in [2.24, 2.45) is 11.3 Å². The lowest BCUT2D eigenvalue weighted by Crippen LogP contribution is -2.48. The zero-order chi connectivity index (χ0) is 13.5. The Morgan fingerprint density at radius 2 is 1.94 bits per heavy atom. The summed E-state index contributed by atoms with van der Waals surface area (Å²) in [6, 6.07) is 0. The SMILES string of the molecule is C=C(C)[C@@H]1CC[C@@]1(C)CO[Si](C)(C)C(C)(C)C. The fraction of sp³-hybridized carbons (Fsp3) is 0.867. The van der Waals surface area contributed by atoms with Crippen LogP contribution in [0.2, 0.25) is 18.1 Å². The Bertz CT molecular complexity index is 301. The van der Waals surface area contributed by atoms with Crippen LogP contribution >= 0.6 is 0 Å². The average Bonchev–Trinajstić information content (AvgIpc) is 2.09. The first-order chi connectivity index (χ1) is 7.50. The molecule has 0 saturated heterocycles. The van der Waals surface area contributed by atoms with Gasteiger partial charge >= 0.3 is 0 Å². The second-order valence-electron chi connectivity index (χ2n) is 7.64. The van der Waals surface area contributed by atoms with E-state index in [0.717, 1.165) is 6.61 Å². The summed E-state index contributed by atoms with van der Waals surface area (Å²) < 4.78 is 6.38. The van der Waals surface area contributed by atoms with Gasteiger partial charge in [0.15, 0.2) is 8.32 Å². The van der Waals surface area contributed by atoms with Gasteiger partial charge in [0.2, 0.25) is 0 Å². The van der Waals surface area contributed by atoms with Gasteiger partial charge in [-0.3, -0.25) is 0 Å². The molecule has 0 bridgehead atoms. The highest BCUT2D eigenvalue weighted by molar-refractivity contribution is 6.74. The smallest absolute Gasteiger partial charge is 0.192 e. The van der Waals surface area contributed by atoms with Crippen LogP contribution in [0.4, 0.5) is 0 Å². The Morgan fingerprint density at radius 3 is 2.24 bits per heavy atom. The van der Waals surface area contributed by atoms with Gasteiger partial charge in [0.25, 0.3) is 0 Å². The summed E-state index contributed by atoms with van der Waals surface area (Å²) >= 11 is 0. The molecule has 0 aromatic carbocycles. The zero-order valence-corrected chi connectivity index (χ0v) is 13.8. The van der Waals surface area contributed by atoms with Crippen molar-refractivity contribution in [1.82, 2.24) is 0 Å². The highest BCUT2D eigenvalue weighted by Crippen LogP contribution is 2.51. The minimum atomic E-state index is -1.59. The number of hydrogen-bond donors (Lipinski definition) is 0. The lowest BCUT2D eigenvalue weighted by molar-refractivity contribution is 0.0164. The van der Waals surface area contributed by atoms with Gasteiger partial charge in [-0.05, 0) is 49.2 Å². The molecule has 0 aliphatic heterocycles. The molecule has 0 amide bonds. The minimum absolute atomic E-state index is 0.311. The van der Waals surface area contributed by atoms with E-state index in [1.165, 1.54) is 18.4 Å². The predicted octanol–water partition coefficient (Wildman–Crippen LogP) is 5.00. The Morgan fingerprint density at radius 1 is 1.41 bits per heavy atom. The van der Waals surface area contributed by atoms with E-state index < -0.39 is 8.32 Å². The van der Waals surface area contributed by atoms with Gasteiger partial charge in [-0.25, -0.2) is 0 Å². The second-order valence-corrected chi connectivity index (χ2v) is 12.4. The largest absolute Gasteiger partial charge is 0.416 e. The first kappa shape index (κ1) is 15.0. The van der Waals surface area contributed by atoms with E-state index in [4.69, 9.17) is 4.43 Å². The molecular weight excluding hydrogens is 224 g/mol. The molecule has 1 nitrogen and oxygen atoms in total. The van der Waals surface area contributed by atoms with E-state index in [1.807, 2.05) is 0 Å². The molecule has 1 rings (SSSR count). The topological polar surface area (TPSA) is 9.23 Å². The molecule has 100 valence electrons. The summed E-state index contributed by atoms with van der Waals surface area (Å²) in [5.74, 6) is 0.673. The molecule has 0 aromatic heterocycles. The minimum Gasteiger partial charge on any atom is -0.416 e. The van der Waals surface area contributed by atoms with E-state index in [9.17, 15) is 0 Å². The van der Waals surface area contributed by atoms with Gasteiger partial charge < -0.3 is 4.43 Å². The first-order valence-electron chi connectivity index (χ1n) is 6.79. The molecule has 1 fully saturated rings. The first-order valence-corrected chi connectivity index (χ1v) is 9.70. The maximum Gasteiger partial charge on any atom is 0.192 e. The van der Waals surface area contributed by atoms with Gasteiger partial charge in [-0.1, -0.05) is 39.8 Å². The molecule has 0 unspecified atom stereocenters. The highest BCUT2D eigenvalue weighted by atomic mass is 28.4. The van der Waals surface area contributed by atoms with Gasteiger partial charge in [0.1, 0.15) is 0 Å². The molecular formula is C15H30OSi. The number of rotatable bonds is 4. The van der Waals surface area contributed by atoms with Crippen LogP contribution < -0.4 is 0 Å². The molecule has 1 aliphatic carbocycles. The molecule has 0 spiro atoms. The lowest BCUT2D eigenvalue weighted by atomic mass is 9.59. The fourth-order valence-electron chi connectivity index (χ4n) is 2.36. The van der Waals surface area contributed by atoms with Crippen molar-refractivity contribution in [2.45, 2.75) is 65.6 Å². The third-order valence-electron chi connectivity index (χ3n) is 5.01. The maximum atomic E-state index is 6.38. The van der Waals surface area contributed by atoms with Crippen molar-refractivity contribution in [3.05, 3.63) is 12.2 Å². The monoisotopic (exact) mass is 254 g/mol. The number of allylic oxidation sites excluding steroid dienone is 1. The molecule has 0 heterocycles. The molecule has 1 aliphatic rings. The van der Waals surface area contributed by atoms with Crippen molar-refractivity contribution in [3.63, 3.8) is 0 Å². The lowest BCUT2D eigenvalue weighted by Gasteiger charge is -2.50. The summed E-state index contributed by atoms with van der Waals surface area (Å²) in [6.07, 6.45) is 2.59. The molecule has 2 atom stereocenters. The molecule has 2 heteroatoms. The Balaban J connectivity index is 2.60. The van der Waals surface area contributed by atoms with Crippen LogP contribution in [0.25, 0.3) is 0 Å². The normalized spacial score (nSPS) is 29.9. The molecule has 17 heavy (non-hydrogen) atoms. The van der Waals surface area contributed by atoms with Crippen LogP contribution in [0.3, 0.4) is 0 Å². The van der Waals surface area contributed by atoms with Crippen LogP contribution in [0, 0.1) is 11.3 Å². The van der Waals surface area contributed by atoms with E-state index in [2.05, 4.69) is 54.3 Å². The van der Waals surface area contributed by atoms with E-state index in [0.29, 0.717) is 16.4 Å². The van der Waals surface area contributed by atoms with Gasteiger partial charge in [-0.15, -0.1) is 0 Å². The van der Waals surface area contributed by atoms with Crippen molar-refractivity contribution in [3.8, 4) is 0 Å². The third-order valence-corrected chi connectivity index (χ3v) is 9.49. The van der Waals surface area contributed by atoms with Crippen molar-refractivity contribution in [1.29, 1.82) is 0 Å². The Hall–Kier alpha value is -0.0831. The van der Waals surface area contributed by atoms with E-state index in [1.54, 1.807) is 0 Å². The standard InChI is InChI=1S/C15H30OSi/c1-12(2)13-9-10-15(13,6)11-16-17(7,8)14(3,4)5/h13H,1,9-11H2,2-8H3/t13-,15-/m0/s1. The maximum absolute atomic E-state index is 6.38. The zero-order valence-electron chi connectivity index (χ0n) is 12.8. The van der Waals surface area contributed by atoms with Gasteiger partial charge in [0.05, 0.1) is 0 Å². The van der Waals surface area contributed by atoms with Crippen molar-refractivity contribution < 1.29 is 4.43 Å². The highest BCUT2D eigenvalue weighted by Gasteiger charge is 2.46. The molecule has 0 N–H and O–H groups in total. The molecule has 1 saturated carbocycles.